The number of hydrogen-bond donors (Lipinski definition) is 1. The van der Waals surface area contributed by atoms with Gasteiger partial charge in [0.2, 0.25) is 0 Å². The maximum Gasteiger partial charge on any atom is 0.328 e. The van der Waals surface area contributed by atoms with Crippen LogP contribution in [0.5, 0.6) is 0 Å². The summed E-state index contributed by atoms with van der Waals surface area (Å²) in [4.78, 5) is 46.4. The molecular weight excluding hydrogens is 364 g/mol. The molecule has 0 heterocycles. The van der Waals surface area contributed by atoms with Gasteiger partial charge >= 0.3 is 5.97 Å². The monoisotopic (exact) mass is 384 g/mol. The zero-order chi connectivity index (χ0) is 20.7. The van der Waals surface area contributed by atoms with Crippen LogP contribution < -0.4 is 5.32 Å². The molecule has 0 aromatic heterocycles. The Morgan fingerprint density at radius 1 is 1.11 bits per heavy atom. The first-order valence-corrected chi connectivity index (χ1v) is 8.66. The van der Waals surface area contributed by atoms with Crippen molar-refractivity contribution in [3.05, 3.63) is 75.3 Å². The normalized spacial score (nSPS) is 11.4. The van der Waals surface area contributed by atoms with Gasteiger partial charge in [-0.05, 0) is 25.0 Å². The van der Waals surface area contributed by atoms with E-state index in [0.717, 1.165) is 18.1 Å². The third kappa shape index (κ3) is 5.47. The quantitative estimate of drug-likeness (QED) is 0.324. The van der Waals surface area contributed by atoms with Gasteiger partial charge in [0.1, 0.15) is 6.04 Å². The largest absolute Gasteiger partial charge is 0.456 e. The number of nitro benzene ring substituents is 1. The molecule has 0 aliphatic carbocycles. The van der Waals surface area contributed by atoms with Crippen molar-refractivity contribution in [1.82, 2.24) is 5.32 Å². The maximum atomic E-state index is 12.1. The second-order valence-corrected chi connectivity index (χ2v) is 6.08. The van der Waals surface area contributed by atoms with Crippen molar-refractivity contribution in [2.45, 2.75) is 26.3 Å². The Labute approximate surface area is 161 Å². The van der Waals surface area contributed by atoms with Crippen LogP contribution in [-0.4, -0.2) is 35.2 Å². The number of ether oxygens (including phenoxy) is 1. The van der Waals surface area contributed by atoms with Crippen LogP contribution >= 0.6 is 0 Å². The van der Waals surface area contributed by atoms with Gasteiger partial charge in [0.05, 0.1) is 4.92 Å². The maximum absolute atomic E-state index is 12.1. The number of hydrogen-bond acceptors (Lipinski definition) is 6. The molecule has 8 nitrogen and oxygen atoms in total. The molecule has 1 atom stereocenters. The van der Waals surface area contributed by atoms with Gasteiger partial charge in [-0.25, -0.2) is 4.79 Å². The van der Waals surface area contributed by atoms with Crippen LogP contribution in [0.2, 0.25) is 0 Å². The van der Waals surface area contributed by atoms with Gasteiger partial charge in [-0.1, -0.05) is 37.3 Å². The van der Waals surface area contributed by atoms with Gasteiger partial charge in [-0.2, -0.15) is 0 Å². The highest BCUT2D eigenvalue weighted by Crippen LogP contribution is 2.13. The van der Waals surface area contributed by atoms with Crippen LogP contribution in [0.4, 0.5) is 5.69 Å². The van der Waals surface area contributed by atoms with Gasteiger partial charge in [0.25, 0.3) is 11.6 Å². The molecule has 0 saturated heterocycles. The number of nitro groups is 1. The first-order chi connectivity index (χ1) is 13.3. The number of esters is 1. The summed E-state index contributed by atoms with van der Waals surface area (Å²) in [5, 5.41) is 13.2. The van der Waals surface area contributed by atoms with Crippen molar-refractivity contribution in [2.24, 2.45) is 0 Å². The lowest BCUT2D eigenvalue weighted by molar-refractivity contribution is -0.384. The second kappa shape index (κ2) is 9.40. The van der Waals surface area contributed by atoms with Crippen molar-refractivity contribution < 1.29 is 24.0 Å². The molecule has 0 saturated carbocycles. The molecule has 0 spiro atoms. The lowest BCUT2D eigenvalue weighted by atomic mass is 10.1. The van der Waals surface area contributed by atoms with E-state index in [2.05, 4.69) is 5.32 Å². The summed E-state index contributed by atoms with van der Waals surface area (Å²) >= 11 is 0. The Kier molecular flexibility index (Phi) is 6.97. The van der Waals surface area contributed by atoms with Crippen LogP contribution in [0.25, 0.3) is 0 Å². The number of non-ortho nitro benzene ring substituents is 1. The molecule has 2 aromatic rings. The lowest BCUT2D eigenvalue weighted by Crippen LogP contribution is -2.40. The first kappa shape index (κ1) is 20.8. The lowest BCUT2D eigenvalue weighted by Gasteiger charge is -2.13. The third-order valence-electron chi connectivity index (χ3n) is 4.05. The number of carbonyl (C=O) groups excluding carboxylic acids is 3. The molecule has 28 heavy (non-hydrogen) atoms. The van der Waals surface area contributed by atoms with Crippen molar-refractivity contribution in [3.63, 3.8) is 0 Å². The summed E-state index contributed by atoms with van der Waals surface area (Å²) in [6.07, 6.45) is 0.852. The molecule has 8 heteroatoms. The van der Waals surface area contributed by atoms with Crippen molar-refractivity contribution in [1.29, 1.82) is 0 Å². The molecule has 0 aliphatic rings. The number of carbonyl (C=O) groups is 3. The summed E-state index contributed by atoms with van der Waals surface area (Å²) in [5.41, 5.74) is 1.33. The van der Waals surface area contributed by atoms with E-state index in [1.807, 2.05) is 19.1 Å². The summed E-state index contributed by atoms with van der Waals surface area (Å²) < 4.78 is 4.96. The first-order valence-electron chi connectivity index (χ1n) is 8.66. The smallest absolute Gasteiger partial charge is 0.328 e. The van der Waals surface area contributed by atoms with E-state index >= 15 is 0 Å². The van der Waals surface area contributed by atoms with Gasteiger partial charge < -0.3 is 10.1 Å². The molecule has 2 aromatic carbocycles. The summed E-state index contributed by atoms with van der Waals surface area (Å²) in [6.45, 7) is 2.96. The van der Waals surface area contributed by atoms with Crippen LogP contribution in [0, 0.1) is 10.1 Å². The van der Waals surface area contributed by atoms with Crippen LogP contribution in [0.1, 0.15) is 40.1 Å². The Bertz CT molecular complexity index is 892. The highest BCUT2D eigenvalue weighted by atomic mass is 16.6. The molecule has 1 N–H and O–H groups in total. The van der Waals surface area contributed by atoms with Gasteiger partial charge in [-0.3, -0.25) is 19.7 Å². The average Bonchev–Trinajstić information content (AvgIpc) is 2.71. The molecule has 1 amide bonds. The summed E-state index contributed by atoms with van der Waals surface area (Å²) in [5.74, 6) is -1.79. The highest BCUT2D eigenvalue weighted by Gasteiger charge is 2.20. The van der Waals surface area contributed by atoms with E-state index in [-0.39, 0.29) is 17.0 Å². The number of benzene rings is 2. The molecular formula is C20H20N2O6. The predicted molar refractivity (Wildman–Crippen MR) is 101 cm³/mol. The second-order valence-electron chi connectivity index (χ2n) is 6.08. The third-order valence-corrected chi connectivity index (χ3v) is 4.05. The number of nitrogens with one attached hydrogen (secondary N) is 1. The van der Waals surface area contributed by atoms with E-state index in [0.29, 0.717) is 5.56 Å². The fraction of sp³-hybridized carbons (Fsp3) is 0.250. The van der Waals surface area contributed by atoms with E-state index < -0.39 is 29.4 Å². The zero-order valence-electron chi connectivity index (χ0n) is 15.5. The van der Waals surface area contributed by atoms with Crippen molar-refractivity contribution in [3.8, 4) is 0 Å². The van der Waals surface area contributed by atoms with Crippen LogP contribution in [0.15, 0.2) is 48.5 Å². The Hall–Kier alpha value is -3.55. The molecule has 0 radical (unpaired) electrons. The predicted octanol–water partition coefficient (Wildman–Crippen LogP) is 2.70. The van der Waals surface area contributed by atoms with E-state index in [4.69, 9.17) is 4.74 Å². The molecule has 146 valence electrons. The van der Waals surface area contributed by atoms with E-state index in [1.54, 1.807) is 12.1 Å². The van der Waals surface area contributed by atoms with Gasteiger partial charge in [0, 0.05) is 23.3 Å². The standard InChI is InChI=1S/C20H20N2O6/c1-3-14-7-9-15(10-8-14)18(23)12-28-20(25)13(2)21-19(24)16-5-4-6-17(11-16)22(26)27/h4-11,13H,3,12H2,1-2H3,(H,21,24)/t13-/m0/s1. The van der Waals surface area contributed by atoms with Crippen molar-refractivity contribution >= 4 is 23.3 Å². The van der Waals surface area contributed by atoms with Crippen LogP contribution in [0.3, 0.4) is 0 Å². The summed E-state index contributed by atoms with van der Waals surface area (Å²) in [7, 11) is 0. The molecule has 0 bridgehead atoms. The summed E-state index contributed by atoms with van der Waals surface area (Å²) in [6, 6.07) is 11.1. The molecule has 0 fully saturated rings. The Morgan fingerprint density at radius 3 is 2.39 bits per heavy atom. The fourth-order valence-corrected chi connectivity index (χ4v) is 2.37. The minimum Gasteiger partial charge on any atom is -0.456 e. The SMILES string of the molecule is CCc1ccc(C(=O)COC(=O)[C@H](C)NC(=O)c2cccc([N+](=O)[O-])c2)cc1. The highest BCUT2D eigenvalue weighted by molar-refractivity contribution is 5.99. The minimum absolute atomic E-state index is 0.0425. The number of amides is 1. The van der Waals surface area contributed by atoms with Crippen molar-refractivity contribution in [2.75, 3.05) is 6.61 Å². The van der Waals surface area contributed by atoms with Crippen LogP contribution in [-0.2, 0) is 16.0 Å². The van der Waals surface area contributed by atoms with Gasteiger partial charge in [0.15, 0.2) is 12.4 Å². The zero-order valence-corrected chi connectivity index (χ0v) is 15.5. The molecule has 2 rings (SSSR count). The Balaban J connectivity index is 1.89. The Morgan fingerprint density at radius 2 is 1.79 bits per heavy atom. The minimum atomic E-state index is -1.03. The van der Waals surface area contributed by atoms with E-state index in [1.165, 1.54) is 25.1 Å². The fourth-order valence-electron chi connectivity index (χ4n) is 2.37. The number of Topliss-reactive ketones (excluding diaryl/α,β-unsaturated/α-hetero) is 1. The van der Waals surface area contributed by atoms with Gasteiger partial charge in [-0.15, -0.1) is 0 Å². The molecule has 0 unspecified atom stereocenters. The van der Waals surface area contributed by atoms with E-state index in [9.17, 15) is 24.5 Å². The number of aryl methyl sites for hydroxylation is 1. The molecule has 0 aliphatic heterocycles. The number of nitrogens with zero attached hydrogens (tertiary/aromatic N) is 1. The topological polar surface area (TPSA) is 116 Å². The average molecular weight is 384 g/mol. The number of rotatable bonds is 8. The number of ketones is 1.